The first kappa shape index (κ1) is 20.3. The molecule has 1 aliphatic rings. The Hall–Kier alpha value is -3.00. The van der Waals surface area contributed by atoms with E-state index >= 15 is 0 Å². The summed E-state index contributed by atoms with van der Waals surface area (Å²) in [6.07, 6.45) is 1.16. The number of fused-ring (bicyclic) bond motifs is 1. The fourth-order valence-electron chi connectivity index (χ4n) is 3.86. The molecular formula is C22H24N2O5S. The number of piperazine rings is 1. The SMILES string of the molecule is COc1ccccc1N1CCN(C(=O)c2oc3ccccc3c2CS(C)(=O)=O)CC1. The van der Waals surface area contributed by atoms with Gasteiger partial charge in [0.05, 0.1) is 18.6 Å². The topological polar surface area (TPSA) is 80.1 Å². The van der Waals surface area contributed by atoms with E-state index in [1.165, 1.54) is 0 Å². The van der Waals surface area contributed by atoms with Crippen LogP contribution < -0.4 is 9.64 Å². The summed E-state index contributed by atoms with van der Waals surface area (Å²) >= 11 is 0. The van der Waals surface area contributed by atoms with E-state index in [1.807, 2.05) is 30.3 Å². The minimum Gasteiger partial charge on any atom is -0.495 e. The highest BCUT2D eigenvalue weighted by atomic mass is 32.2. The summed E-state index contributed by atoms with van der Waals surface area (Å²) < 4.78 is 35.2. The molecule has 8 heteroatoms. The second-order valence-electron chi connectivity index (χ2n) is 7.43. The van der Waals surface area contributed by atoms with Crippen molar-refractivity contribution in [2.45, 2.75) is 5.75 Å². The zero-order valence-electron chi connectivity index (χ0n) is 17.0. The van der Waals surface area contributed by atoms with Crippen LogP contribution in [-0.2, 0) is 15.6 Å². The maximum Gasteiger partial charge on any atom is 0.290 e. The minimum absolute atomic E-state index is 0.118. The van der Waals surface area contributed by atoms with Crippen molar-refractivity contribution < 1.29 is 22.4 Å². The van der Waals surface area contributed by atoms with Gasteiger partial charge in [-0.3, -0.25) is 4.79 Å². The predicted octanol–water partition coefficient (Wildman–Crippen LogP) is 2.95. The first-order valence-corrected chi connectivity index (χ1v) is 11.8. The van der Waals surface area contributed by atoms with Gasteiger partial charge in [-0.15, -0.1) is 0 Å². The quantitative estimate of drug-likeness (QED) is 0.622. The molecule has 0 bridgehead atoms. The zero-order chi connectivity index (χ0) is 21.3. The number of ether oxygens (including phenoxy) is 1. The Bertz CT molecular complexity index is 1180. The van der Waals surface area contributed by atoms with Gasteiger partial charge in [-0.1, -0.05) is 30.3 Å². The van der Waals surface area contributed by atoms with Crippen molar-refractivity contribution in [1.82, 2.24) is 4.90 Å². The van der Waals surface area contributed by atoms with E-state index in [0.717, 1.165) is 17.7 Å². The van der Waals surface area contributed by atoms with Crippen molar-refractivity contribution in [3.8, 4) is 5.75 Å². The smallest absolute Gasteiger partial charge is 0.290 e. The monoisotopic (exact) mass is 428 g/mol. The van der Waals surface area contributed by atoms with Crippen LogP contribution in [0.3, 0.4) is 0 Å². The van der Waals surface area contributed by atoms with Gasteiger partial charge in [0.25, 0.3) is 5.91 Å². The van der Waals surface area contributed by atoms with Gasteiger partial charge in [0.15, 0.2) is 15.6 Å². The highest BCUT2D eigenvalue weighted by molar-refractivity contribution is 7.89. The third-order valence-electron chi connectivity index (χ3n) is 5.29. The number of carbonyl (C=O) groups is 1. The van der Waals surface area contributed by atoms with E-state index in [1.54, 1.807) is 30.2 Å². The average molecular weight is 429 g/mol. The molecule has 1 saturated heterocycles. The number of amides is 1. The molecule has 0 radical (unpaired) electrons. The number of sulfone groups is 1. The van der Waals surface area contributed by atoms with Crippen molar-refractivity contribution in [3.63, 3.8) is 0 Å². The summed E-state index contributed by atoms with van der Waals surface area (Å²) in [5.41, 5.74) is 1.95. The number of methoxy groups -OCH3 is 1. The summed E-state index contributed by atoms with van der Waals surface area (Å²) in [4.78, 5) is 17.1. The van der Waals surface area contributed by atoms with E-state index in [-0.39, 0.29) is 17.4 Å². The molecule has 0 unspecified atom stereocenters. The van der Waals surface area contributed by atoms with E-state index in [0.29, 0.717) is 42.7 Å². The lowest BCUT2D eigenvalue weighted by atomic mass is 10.1. The molecule has 30 heavy (non-hydrogen) atoms. The van der Waals surface area contributed by atoms with E-state index in [9.17, 15) is 13.2 Å². The van der Waals surface area contributed by atoms with Crippen molar-refractivity contribution in [3.05, 3.63) is 59.9 Å². The van der Waals surface area contributed by atoms with Gasteiger partial charge in [0.2, 0.25) is 0 Å². The Morgan fingerprint density at radius 1 is 1.03 bits per heavy atom. The van der Waals surface area contributed by atoms with Crippen LogP contribution in [0.1, 0.15) is 16.1 Å². The number of anilines is 1. The normalized spacial score (nSPS) is 14.9. The van der Waals surface area contributed by atoms with Crippen LogP contribution in [0.2, 0.25) is 0 Å². The second kappa shape index (κ2) is 8.02. The fourth-order valence-corrected chi connectivity index (χ4v) is 4.67. The molecule has 0 spiro atoms. The Balaban J connectivity index is 1.57. The van der Waals surface area contributed by atoms with E-state index in [4.69, 9.17) is 9.15 Å². The van der Waals surface area contributed by atoms with Gasteiger partial charge in [-0.05, 0) is 18.2 Å². The summed E-state index contributed by atoms with van der Waals surface area (Å²) in [7, 11) is -1.69. The summed E-state index contributed by atoms with van der Waals surface area (Å²) in [5, 5.41) is 0.666. The first-order valence-electron chi connectivity index (χ1n) is 9.73. The molecule has 0 saturated carbocycles. The number of rotatable bonds is 5. The molecular weight excluding hydrogens is 404 g/mol. The number of benzene rings is 2. The van der Waals surface area contributed by atoms with Crippen LogP contribution in [-0.4, -0.2) is 58.8 Å². The first-order chi connectivity index (χ1) is 14.4. The molecule has 3 aromatic rings. The molecule has 1 fully saturated rings. The molecule has 0 atom stereocenters. The molecule has 1 aliphatic heterocycles. The van der Waals surface area contributed by atoms with Gasteiger partial charge in [-0.25, -0.2) is 8.42 Å². The Labute approximate surface area is 175 Å². The fraction of sp³-hybridized carbons (Fsp3) is 0.318. The summed E-state index contributed by atoms with van der Waals surface area (Å²) in [6, 6.07) is 14.9. The average Bonchev–Trinajstić information content (AvgIpc) is 3.10. The highest BCUT2D eigenvalue weighted by Crippen LogP contribution is 2.31. The van der Waals surface area contributed by atoms with Gasteiger partial charge >= 0.3 is 0 Å². The van der Waals surface area contributed by atoms with Crippen molar-refractivity contribution in [1.29, 1.82) is 0 Å². The summed E-state index contributed by atoms with van der Waals surface area (Å²) in [5.74, 6) is 0.411. The Kier molecular flexibility index (Phi) is 5.42. The lowest BCUT2D eigenvalue weighted by Gasteiger charge is -2.36. The third kappa shape index (κ3) is 4.00. The number of para-hydroxylation sites is 3. The predicted molar refractivity (Wildman–Crippen MR) is 116 cm³/mol. The molecule has 2 aromatic carbocycles. The van der Waals surface area contributed by atoms with Gasteiger partial charge < -0.3 is 19.0 Å². The Morgan fingerprint density at radius 2 is 1.70 bits per heavy atom. The molecule has 4 rings (SSSR count). The minimum atomic E-state index is -3.33. The number of nitrogens with zero attached hydrogens (tertiary/aromatic N) is 2. The van der Waals surface area contributed by atoms with E-state index in [2.05, 4.69) is 4.90 Å². The molecule has 2 heterocycles. The maximum absolute atomic E-state index is 13.2. The van der Waals surface area contributed by atoms with Crippen LogP contribution in [0.5, 0.6) is 5.75 Å². The molecule has 1 aromatic heterocycles. The van der Waals surface area contributed by atoms with E-state index < -0.39 is 9.84 Å². The number of furan rings is 1. The van der Waals surface area contributed by atoms with Crippen molar-refractivity contribution in [2.75, 3.05) is 44.4 Å². The maximum atomic E-state index is 13.2. The largest absolute Gasteiger partial charge is 0.495 e. The van der Waals surface area contributed by atoms with Crippen LogP contribution >= 0.6 is 0 Å². The summed E-state index contributed by atoms with van der Waals surface area (Å²) in [6.45, 7) is 2.31. The van der Waals surface area contributed by atoms with Gasteiger partial charge in [0, 0.05) is 43.4 Å². The van der Waals surface area contributed by atoms with Crippen LogP contribution in [0.4, 0.5) is 5.69 Å². The van der Waals surface area contributed by atoms with Gasteiger partial charge in [0.1, 0.15) is 11.3 Å². The second-order valence-corrected chi connectivity index (χ2v) is 9.57. The number of carbonyl (C=O) groups excluding carboxylic acids is 1. The standard InChI is InChI=1S/C22H24N2O5S/c1-28-20-10-6-4-8-18(20)23-11-13-24(14-12-23)22(25)21-17(15-30(2,26)27)16-7-3-5-9-19(16)29-21/h3-10H,11-15H2,1-2H3. The Morgan fingerprint density at radius 3 is 2.40 bits per heavy atom. The zero-order valence-corrected chi connectivity index (χ0v) is 17.8. The molecule has 1 amide bonds. The van der Waals surface area contributed by atoms with Gasteiger partial charge in [-0.2, -0.15) is 0 Å². The number of hydrogen-bond donors (Lipinski definition) is 0. The molecule has 0 N–H and O–H groups in total. The molecule has 158 valence electrons. The highest BCUT2D eigenvalue weighted by Gasteiger charge is 2.29. The van der Waals surface area contributed by atoms with Crippen LogP contribution in [0, 0.1) is 0 Å². The van der Waals surface area contributed by atoms with Crippen molar-refractivity contribution in [2.24, 2.45) is 0 Å². The lowest BCUT2D eigenvalue weighted by molar-refractivity contribution is 0.0716. The number of hydrogen-bond acceptors (Lipinski definition) is 6. The van der Waals surface area contributed by atoms with Crippen LogP contribution in [0.15, 0.2) is 52.9 Å². The van der Waals surface area contributed by atoms with Crippen molar-refractivity contribution >= 4 is 32.4 Å². The van der Waals surface area contributed by atoms with Crippen LogP contribution in [0.25, 0.3) is 11.0 Å². The lowest BCUT2D eigenvalue weighted by Crippen LogP contribution is -2.49. The molecule has 0 aliphatic carbocycles. The molecule has 7 nitrogen and oxygen atoms in total. The third-order valence-corrected chi connectivity index (χ3v) is 6.10.